The van der Waals surface area contributed by atoms with E-state index < -0.39 is 11.6 Å². The SMILES string of the molecule is C#CCC(CC)NCC1(O)CCC(C(=O)O)CC1. The van der Waals surface area contributed by atoms with Crippen molar-refractivity contribution in [2.24, 2.45) is 5.92 Å². The van der Waals surface area contributed by atoms with Crippen LogP contribution in [0.3, 0.4) is 0 Å². The summed E-state index contributed by atoms with van der Waals surface area (Å²) >= 11 is 0. The van der Waals surface area contributed by atoms with Crippen LogP contribution in [0.25, 0.3) is 0 Å². The van der Waals surface area contributed by atoms with Crippen LogP contribution in [0.5, 0.6) is 0 Å². The number of aliphatic carboxylic acids is 1. The molecular weight excluding hydrogens is 230 g/mol. The van der Waals surface area contributed by atoms with Crippen molar-refractivity contribution in [3.8, 4) is 12.3 Å². The van der Waals surface area contributed by atoms with Gasteiger partial charge in [0, 0.05) is 19.0 Å². The number of carboxylic acids is 1. The van der Waals surface area contributed by atoms with E-state index in [-0.39, 0.29) is 12.0 Å². The highest BCUT2D eigenvalue weighted by molar-refractivity contribution is 5.70. The first-order chi connectivity index (χ1) is 8.50. The highest BCUT2D eigenvalue weighted by Crippen LogP contribution is 2.31. The number of carboxylic acid groups (broad SMARTS) is 1. The molecule has 0 radical (unpaired) electrons. The van der Waals surface area contributed by atoms with E-state index >= 15 is 0 Å². The molecule has 1 rings (SSSR count). The number of hydrogen-bond acceptors (Lipinski definition) is 3. The lowest BCUT2D eigenvalue weighted by Gasteiger charge is -2.35. The number of hydrogen-bond donors (Lipinski definition) is 3. The van der Waals surface area contributed by atoms with Gasteiger partial charge in [0.05, 0.1) is 11.5 Å². The van der Waals surface area contributed by atoms with Crippen LogP contribution < -0.4 is 5.32 Å². The molecule has 0 spiro atoms. The molecule has 0 heterocycles. The Kier molecular flexibility index (Phi) is 5.64. The molecule has 3 N–H and O–H groups in total. The number of rotatable bonds is 6. The van der Waals surface area contributed by atoms with Gasteiger partial charge in [-0.25, -0.2) is 0 Å². The van der Waals surface area contributed by atoms with E-state index in [1.807, 2.05) is 0 Å². The largest absolute Gasteiger partial charge is 0.481 e. The lowest BCUT2D eigenvalue weighted by atomic mass is 9.78. The molecule has 1 aliphatic rings. The monoisotopic (exact) mass is 253 g/mol. The van der Waals surface area contributed by atoms with Gasteiger partial charge in [-0.2, -0.15) is 0 Å². The van der Waals surface area contributed by atoms with Gasteiger partial charge in [0.1, 0.15) is 0 Å². The van der Waals surface area contributed by atoms with Crippen molar-refractivity contribution in [2.45, 2.75) is 57.1 Å². The predicted octanol–water partition coefficient (Wildman–Crippen LogP) is 1.38. The fourth-order valence-electron chi connectivity index (χ4n) is 2.42. The first-order valence-electron chi connectivity index (χ1n) is 6.63. The van der Waals surface area contributed by atoms with Gasteiger partial charge in [-0.1, -0.05) is 6.92 Å². The molecule has 1 aliphatic carbocycles. The molecule has 18 heavy (non-hydrogen) atoms. The van der Waals surface area contributed by atoms with Crippen LogP contribution in [0.2, 0.25) is 0 Å². The zero-order valence-electron chi connectivity index (χ0n) is 11.0. The Hall–Kier alpha value is -1.05. The summed E-state index contributed by atoms with van der Waals surface area (Å²) in [5.41, 5.74) is -0.770. The molecular formula is C14H23NO3. The van der Waals surface area contributed by atoms with Crippen LogP contribution in [0.1, 0.15) is 45.4 Å². The van der Waals surface area contributed by atoms with E-state index in [0.717, 1.165) is 6.42 Å². The Labute approximate surface area is 109 Å². The van der Waals surface area contributed by atoms with Crippen LogP contribution in [0, 0.1) is 18.3 Å². The van der Waals surface area contributed by atoms with Crippen molar-refractivity contribution in [2.75, 3.05) is 6.54 Å². The topological polar surface area (TPSA) is 69.6 Å². The van der Waals surface area contributed by atoms with Crippen molar-refractivity contribution in [1.29, 1.82) is 0 Å². The fourth-order valence-corrected chi connectivity index (χ4v) is 2.42. The second kappa shape index (κ2) is 6.77. The van der Waals surface area contributed by atoms with Gasteiger partial charge in [-0.15, -0.1) is 12.3 Å². The van der Waals surface area contributed by atoms with E-state index in [9.17, 15) is 9.90 Å². The van der Waals surface area contributed by atoms with Crippen molar-refractivity contribution < 1.29 is 15.0 Å². The number of carbonyl (C=O) groups is 1. The molecule has 0 amide bonds. The van der Waals surface area contributed by atoms with Crippen LogP contribution in [-0.4, -0.2) is 34.4 Å². The maximum absolute atomic E-state index is 10.8. The number of aliphatic hydroxyl groups is 1. The van der Waals surface area contributed by atoms with E-state index in [2.05, 4.69) is 18.2 Å². The summed E-state index contributed by atoms with van der Waals surface area (Å²) in [4.78, 5) is 10.8. The summed E-state index contributed by atoms with van der Waals surface area (Å²) in [6.45, 7) is 2.56. The highest BCUT2D eigenvalue weighted by atomic mass is 16.4. The van der Waals surface area contributed by atoms with E-state index in [4.69, 9.17) is 11.5 Å². The minimum atomic E-state index is -0.770. The maximum Gasteiger partial charge on any atom is 0.306 e. The molecule has 0 aromatic carbocycles. The summed E-state index contributed by atoms with van der Waals surface area (Å²) in [6.07, 6.45) is 9.07. The quantitative estimate of drug-likeness (QED) is 0.626. The van der Waals surface area contributed by atoms with Crippen molar-refractivity contribution in [1.82, 2.24) is 5.32 Å². The molecule has 0 aromatic rings. The Balaban J connectivity index is 2.38. The summed E-state index contributed by atoms with van der Waals surface area (Å²) in [7, 11) is 0. The summed E-state index contributed by atoms with van der Waals surface area (Å²) in [6, 6.07) is 0.233. The third-order valence-corrected chi connectivity index (χ3v) is 3.84. The first kappa shape index (κ1) is 15.0. The normalized spacial score (nSPS) is 29.5. The molecule has 0 aliphatic heterocycles. The van der Waals surface area contributed by atoms with Crippen LogP contribution in [0.4, 0.5) is 0 Å². The average Bonchev–Trinajstić information content (AvgIpc) is 2.35. The number of terminal acetylenes is 1. The maximum atomic E-state index is 10.8. The Morgan fingerprint density at radius 1 is 1.56 bits per heavy atom. The molecule has 1 fully saturated rings. The zero-order chi connectivity index (χ0) is 13.6. The third-order valence-electron chi connectivity index (χ3n) is 3.84. The molecule has 0 aromatic heterocycles. The van der Waals surface area contributed by atoms with Gasteiger partial charge in [0.2, 0.25) is 0 Å². The standard InChI is InChI=1S/C14H23NO3/c1-3-5-12(4-2)15-10-14(18)8-6-11(7-9-14)13(16)17/h1,11-12,15,18H,4-10H2,2H3,(H,16,17). The fraction of sp³-hybridized carbons (Fsp3) is 0.786. The minimum absolute atomic E-state index is 0.233. The zero-order valence-corrected chi connectivity index (χ0v) is 11.0. The molecule has 0 bridgehead atoms. The summed E-state index contributed by atoms with van der Waals surface area (Å²) in [5.74, 6) is 1.58. The lowest BCUT2D eigenvalue weighted by molar-refractivity contribution is -0.144. The van der Waals surface area contributed by atoms with E-state index in [1.165, 1.54) is 0 Å². The van der Waals surface area contributed by atoms with Crippen molar-refractivity contribution >= 4 is 5.97 Å². The lowest BCUT2D eigenvalue weighted by Crippen LogP contribution is -2.47. The molecule has 1 saturated carbocycles. The van der Waals surface area contributed by atoms with Crippen LogP contribution in [-0.2, 0) is 4.79 Å². The molecule has 0 saturated heterocycles. The predicted molar refractivity (Wildman–Crippen MR) is 70.1 cm³/mol. The summed E-state index contributed by atoms with van der Waals surface area (Å²) < 4.78 is 0. The van der Waals surface area contributed by atoms with E-state index in [1.54, 1.807) is 0 Å². The first-order valence-corrected chi connectivity index (χ1v) is 6.63. The Bertz CT molecular complexity index is 313. The van der Waals surface area contributed by atoms with Crippen LogP contribution in [0.15, 0.2) is 0 Å². The molecule has 102 valence electrons. The Morgan fingerprint density at radius 2 is 2.17 bits per heavy atom. The van der Waals surface area contributed by atoms with Gasteiger partial charge >= 0.3 is 5.97 Å². The van der Waals surface area contributed by atoms with Gasteiger partial charge in [0.15, 0.2) is 0 Å². The minimum Gasteiger partial charge on any atom is -0.481 e. The van der Waals surface area contributed by atoms with Crippen LogP contribution >= 0.6 is 0 Å². The smallest absolute Gasteiger partial charge is 0.306 e. The number of nitrogens with one attached hydrogen (secondary N) is 1. The Morgan fingerprint density at radius 3 is 2.61 bits per heavy atom. The second-order valence-corrected chi connectivity index (χ2v) is 5.23. The summed E-state index contributed by atoms with van der Waals surface area (Å²) in [5, 5.41) is 22.6. The van der Waals surface area contributed by atoms with Gasteiger partial charge in [-0.3, -0.25) is 4.79 Å². The molecule has 4 heteroatoms. The molecule has 4 nitrogen and oxygen atoms in total. The molecule has 1 unspecified atom stereocenters. The third kappa shape index (κ3) is 4.32. The molecule has 1 atom stereocenters. The van der Waals surface area contributed by atoms with Gasteiger partial charge < -0.3 is 15.5 Å². The van der Waals surface area contributed by atoms with Gasteiger partial charge in [-0.05, 0) is 32.1 Å². The van der Waals surface area contributed by atoms with Crippen molar-refractivity contribution in [3.05, 3.63) is 0 Å². The van der Waals surface area contributed by atoms with Gasteiger partial charge in [0.25, 0.3) is 0 Å². The van der Waals surface area contributed by atoms with Crippen molar-refractivity contribution in [3.63, 3.8) is 0 Å². The highest BCUT2D eigenvalue weighted by Gasteiger charge is 2.35. The van der Waals surface area contributed by atoms with E-state index in [0.29, 0.717) is 38.6 Å². The second-order valence-electron chi connectivity index (χ2n) is 5.23. The average molecular weight is 253 g/mol.